The van der Waals surface area contributed by atoms with Crippen molar-refractivity contribution >= 4 is 38.7 Å². The molecule has 1 aliphatic rings. The van der Waals surface area contributed by atoms with Gasteiger partial charge in [0.2, 0.25) is 11.8 Å². The van der Waals surface area contributed by atoms with E-state index in [0.29, 0.717) is 45.6 Å². The molecule has 0 unspecified atom stereocenters. The number of fused-ring (bicyclic) bond motifs is 1. The maximum Gasteiger partial charge on any atom is 0.239 e. The topological polar surface area (TPSA) is 65.8 Å². The molecule has 1 saturated heterocycles. The summed E-state index contributed by atoms with van der Waals surface area (Å²) in [5.74, 6) is 0.888. The van der Waals surface area contributed by atoms with Crippen LogP contribution in [0.25, 0.3) is 11.0 Å². The summed E-state index contributed by atoms with van der Waals surface area (Å²) in [6.45, 7) is 7.29. The van der Waals surface area contributed by atoms with Crippen molar-refractivity contribution in [2.75, 3.05) is 32.7 Å². The molecule has 0 radical (unpaired) electrons. The normalized spacial score (nSPS) is 17.3. The van der Waals surface area contributed by atoms with Gasteiger partial charge < -0.3 is 14.6 Å². The second kappa shape index (κ2) is 12.0. The van der Waals surface area contributed by atoms with E-state index in [9.17, 15) is 9.59 Å². The lowest BCUT2D eigenvalue weighted by Gasteiger charge is -2.28. The Hall–Kier alpha value is -2.38. The minimum Gasteiger partial charge on any atom is -0.461 e. The van der Waals surface area contributed by atoms with Gasteiger partial charge in [0.05, 0.1) is 6.54 Å². The number of para-hydroxylation sites is 1. The van der Waals surface area contributed by atoms with Crippen LogP contribution in [-0.2, 0) is 22.6 Å². The molecule has 0 aliphatic carbocycles. The Labute approximate surface area is 198 Å². The summed E-state index contributed by atoms with van der Waals surface area (Å²) in [6, 6.07) is 8.08. The third-order valence-corrected chi connectivity index (χ3v) is 6.40. The first kappa shape index (κ1) is 24.3. The molecule has 172 valence electrons. The number of hydrogen-bond acceptors (Lipinski definition) is 4. The van der Waals surface area contributed by atoms with Gasteiger partial charge in [-0.1, -0.05) is 59.3 Å². The Balaban J connectivity index is 1.68. The predicted octanol–water partition coefficient (Wildman–Crippen LogP) is 4.39. The number of furan rings is 1. The molecule has 0 saturated carbocycles. The Kier molecular flexibility index (Phi) is 9.11. The summed E-state index contributed by atoms with van der Waals surface area (Å²) in [7, 11) is 0. The summed E-state index contributed by atoms with van der Waals surface area (Å²) < 4.78 is 7.04. The van der Waals surface area contributed by atoms with Crippen molar-refractivity contribution in [2.45, 2.75) is 39.7 Å². The highest BCUT2D eigenvalue weighted by Crippen LogP contribution is 2.27. The Morgan fingerprint density at radius 1 is 1.25 bits per heavy atom. The van der Waals surface area contributed by atoms with Crippen molar-refractivity contribution in [1.29, 1.82) is 0 Å². The summed E-state index contributed by atoms with van der Waals surface area (Å²) in [4.78, 5) is 29.2. The summed E-state index contributed by atoms with van der Waals surface area (Å²) in [5, 5.41) is 4.09. The van der Waals surface area contributed by atoms with Crippen molar-refractivity contribution in [3.8, 4) is 0 Å². The minimum atomic E-state index is -0.109. The smallest absolute Gasteiger partial charge is 0.239 e. The number of aryl methyl sites for hydroxylation is 1. The number of allylic oxidation sites excluding steroid dienone is 3. The van der Waals surface area contributed by atoms with Crippen molar-refractivity contribution in [1.82, 2.24) is 15.1 Å². The molecule has 1 fully saturated rings. The maximum absolute atomic E-state index is 12.9. The molecule has 1 aliphatic heterocycles. The second-order valence-corrected chi connectivity index (χ2v) is 8.83. The van der Waals surface area contributed by atoms with E-state index in [0.717, 1.165) is 27.6 Å². The molecular formula is C25H32BrN3O3. The van der Waals surface area contributed by atoms with Crippen LogP contribution in [-0.4, -0.2) is 54.3 Å². The third-order valence-electron chi connectivity index (χ3n) is 5.68. The number of carbonyl (C=O) groups is 2. The van der Waals surface area contributed by atoms with Gasteiger partial charge in [-0.2, -0.15) is 0 Å². The molecule has 0 spiro atoms. The first-order valence-corrected chi connectivity index (χ1v) is 12.1. The zero-order valence-corrected chi connectivity index (χ0v) is 20.5. The Morgan fingerprint density at radius 2 is 2.06 bits per heavy atom. The monoisotopic (exact) mass is 501 g/mol. The second-order valence-electron chi connectivity index (χ2n) is 7.91. The SMILES string of the molecule is C/C=C(Br)\C=C/CCN1CC(=O)NCCN(Cc2c(CC)oc3ccccc23)CCC1=O. The lowest BCUT2D eigenvalue weighted by atomic mass is 10.1. The van der Waals surface area contributed by atoms with E-state index in [-0.39, 0.29) is 18.4 Å². The predicted molar refractivity (Wildman–Crippen MR) is 132 cm³/mol. The molecule has 32 heavy (non-hydrogen) atoms. The average molecular weight is 502 g/mol. The van der Waals surface area contributed by atoms with E-state index in [4.69, 9.17) is 4.42 Å². The van der Waals surface area contributed by atoms with Crippen LogP contribution >= 0.6 is 15.9 Å². The number of benzene rings is 1. The Bertz CT molecular complexity index is 995. The zero-order chi connectivity index (χ0) is 22.9. The number of nitrogens with zero attached hydrogens (tertiary/aromatic N) is 2. The van der Waals surface area contributed by atoms with Crippen molar-refractivity contribution in [3.05, 3.63) is 58.3 Å². The number of nitrogens with one attached hydrogen (secondary N) is 1. The molecule has 1 aromatic heterocycles. The fourth-order valence-electron chi connectivity index (χ4n) is 3.91. The van der Waals surface area contributed by atoms with Crippen LogP contribution in [0.3, 0.4) is 0 Å². The van der Waals surface area contributed by atoms with E-state index in [1.165, 1.54) is 5.56 Å². The number of hydrogen-bond donors (Lipinski definition) is 1. The third kappa shape index (κ3) is 6.56. The van der Waals surface area contributed by atoms with E-state index >= 15 is 0 Å². The molecule has 0 bridgehead atoms. The lowest BCUT2D eigenvalue weighted by Crippen LogP contribution is -2.46. The van der Waals surface area contributed by atoms with Gasteiger partial charge in [-0.25, -0.2) is 0 Å². The molecular weight excluding hydrogens is 470 g/mol. The summed E-state index contributed by atoms with van der Waals surface area (Å²) in [6.07, 6.45) is 7.85. The van der Waals surface area contributed by atoms with Crippen LogP contribution in [0, 0.1) is 0 Å². The van der Waals surface area contributed by atoms with Crippen molar-refractivity contribution < 1.29 is 14.0 Å². The standard InChI is InChI=1S/C25H32BrN3O3/c1-3-19(26)9-7-8-14-29-18-24(30)27-13-16-28(15-12-25(29)31)17-21-20-10-5-6-11-23(20)32-22(21)4-2/h3,5-7,9-11H,4,8,12-18H2,1-2H3,(H,27,30)/b9-7-,19-3+. The van der Waals surface area contributed by atoms with Gasteiger partial charge in [0, 0.05) is 61.0 Å². The zero-order valence-electron chi connectivity index (χ0n) is 18.9. The van der Waals surface area contributed by atoms with Crippen LogP contribution in [0.5, 0.6) is 0 Å². The van der Waals surface area contributed by atoms with Crippen LogP contribution in [0.2, 0.25) is 0 Å². The summed E-state index contributed by atoms with van der Waals surface area (Å²) in [5.41, 5.74) is 2.07. The molecule has 2 heterocycles. The van der Waals surface area contributed by atoms with Crippen LogP contribution < -0.4 is 5.32 Å². The van der Waals surface area contributed by atoms with Gasteiger partial charge in [-0.15, -0.1) is 0 Å². The molecule has 0 atom stereocenters. The van der Waals surface area contributed by atoms with Crippen molar-refractivity contribution in [3.63, 3.8) is 0 Å². The van der Waals surface area contributed by atoms with E-state index in [2.05, 4.69) is 39.1 Å². The molecule has 3 rings (SSSR count). The quantitative estimate of drug-likeness (QED) is 0.571. The average Bonchev–Trinajstić information content (AvgIpc) is 3.15. The van der Waals surface area contributed by atoms with Gasteiger partial charge in [0.15, 0.2) is 0 Å². The first-order chi connectivity index (χ1) is 15.5. The van der Waals surface area contributed by atoms with Crippen molar-refractivity contribution in [2.24, 2.45) is 0 Å². The van der Waals surface area contributed by atoms with Gasteiger partial charge in [0.25, 0.3) is 0 Å². The Morgan fingerprint density at radius 3 is 2.84 bits per heavy atom. The highest BCUT2D eigenvalue weighted by Gasteiger charge is 2.21. The molecule has 1 aromatic carbocycles. The molecule has 2 amide bonds. The largest absolute Gasteiger partial charge is 0.461 e. The van der Waals surface area contributed by atoms with Crippen LogP contribution in [0.15, 0.2) is 51.4 Å². The summed E-state index contributed by atoms with van der Waals surface area (Å²) >= 11 is 3.44. The maximum atomic E-state index is 12.9. The number of rotatable bonds is 7. The number of carbonyl (C=O) groups excluding carboxylic acids is 2. The number of halogens is 1. The lowest BCUT2D eigenvalue weighted by molar-refractivity contribution is -0.136. The molecule has 1 N–H and O–H groups in total. The molecule has 6 nitrogen and oxygen atoms in total. The van der Waals surface area contributed by atoms with Gasteiger partial charge >= 0.3 is 0 Å². The fourth-order valence-corrected chi connectivity index (χ4v) is 4.10. The van der Waals surface area contributed by atoms with E-state index < -0.39 is 0 Å². The molecule has 7 heteroatoms. The fraction of sp³-hybridized carbons (Fsp3) is 0.440. The van der Waals surface area contributed by atoms with Gasteiger partial charge in [-0.3, -0.25) is 14.5 Å². The minimum absolute atomic E-state index is 0.0123. The van der Waals surface area contributed by atoms with Crippen LogP contribution in [0.1, 0.15) is 38.0 Å². The highest BCUT2D eigenvalue weighted by molar-refractivity contribution is 9.11. The van der Waals surface area contributed by atoms with E-state index in [1.54, 1.807) is 4.90 Å². The van der Waals surface area contributed by atoms with Gasteiger partial charge in [0.1, 0.15) is 11.3 Å². The number of amides is 2. The first-order valence-electron chi connectivity index (χ1n) is 11.3. The van der Waals surface area contributed by atoms with Crippen LogP contribution in [0.4, 0.5) is 0 Å². The molecule has 2 aromatic rings. The van der Waals surface area contributed by atoms with E-state index in [1.807, 2.05) is 43.4 Å². The van der Waals surface area contributed by atoms with Gasteiger partial charge in [-0.05, 0) is 19.4 Å². The highest BCUT2D eigenvalue weighted by atomic mass is 79.9.